The monoisotopic (exact) mass is 361 g/mol. The van der Waals surface area contributed by atoms with Crippen LogP contribution in [0.15, 0.2) is 36.9 Å². The molecule has 1 heterocycles. The van der Waals surface area contributed by atoms with Crippen molar-refractivity contribution in [3.8, 4) is 17.4 Å². The SMILES string of the molecule is C=CCS(=O)(=O)Cc1cc(O)n(-c2cc(Cl)cc(Cl)c2)c1O. The van der Waals surface area contributed by atoms with E-state index in [1.165, 1.54) is 30.3 Å². The second-order valence-corrected chi connectivity index (χ2v) is 7.64. The number of aromatic hydroxyl groups is 2. The lowest BCUT2D eigenvalue weighted by molar-refractivity contribution is 0.401. The zero-order valence-electron chi connectivity index (χ0n) is 11.3. The van der Waals surface area contributed by atoms with Gasteiger partial charge in [-0.1, -0.05) is 29.3 Å². The van der Waals surface area contributed by atoms with E-state index in [1.807, 2.05) is 0 Å². The van der Waals surface area contributed by atoms with E-state index in [-0.39, 0.29) is 23.1 Å². The summed E-state index contributed by atoms with van der Waals surface area (Å²) < 4.78 is 24.7. The van der Waals surface area contributed by atoms with Gasteiger partial charge in [0.2, 0.25) is 5.88 Å². The highest BCUT2D eigenvalue weighted by Gasteiger charge is 2.20. The molecule has 118 valence electrons. The van der Waals surface area contributed by atoms with E-state index in [2.05, 4.69) is 6.58 Å². The molecule has 22 heavy (non-hydrogen) atoms. The number of hydrogen-bond acceptors (Lipinski definition) is 4. The number of benzene rings is 1. The van der Waals surface area contributed by atoms with Crippen molar-refractivity contribution in [2.24, 2.45) is 0 Å². The van der Waals surface area contributed by atoms with Crippen LogP contribution in [-0.2, 0) is 15.6 Å². The highest BCUT2D eigenvalue weighted by molar-refractivity contribution is 7.90. The first kappa shape index (κ1) is 16.7. The molecule has 2 aromatic rings. The molecule has 0 aliphatic carbocycles. The zero-order chi connectivity index (χ0) is 16.5. The molecule has 1 aromatic carbocycles. The normalized spacial score (nSPS) is 11.5. The first-order chi connectivity index (χ1) is 10.2. The Bertz CT molecular complexity index is 807. The molecular weight excluding hydrogens is 349 g/mol. The molecule has 0 aliphatic rings. The van der Waals surface area contributed by atoms with Crippen LogP contribution < -0.4 is 0 Å². The van der Waals surface area contributed by atoms with Gasteiger partial charge >= 0.3 is 0 Å². The van der Waals surface area contributed by atoms with Crippen LogP contribution in [0, 0.1) is 0 Å². The van der Waals surface area contributed by atoms with Crippen molar-refractivity contribution in [2.45, 2.75) is 5.75 Å². The summed E-state index contributed by atoms with van der Waals surface area (Å²) in [5.41, 5.74) is 0.398. The third-order valence-corrected chi connectivity index (χ3v) is 4.81. The molecule has 0 fully saturated rings. The Morgan fingerprint density at radius 3 is 2.27 bits per heavy atom. The Hall–Kier alpha value is -1.63. The first-order valence-corrected chi connectivity index (χ1v) is 8.71. The minimum atomic E-state index is -3.46. The maximum atomic E-state index is 11.8. The highest BCUT2D eigenvalue weighted by atomic mass is 35.5. The van der Waals surface area contributed by atoms with Crippen molar-refractivity contribution >= 4 is 33.0 Å². The molecule has 1 aromatic heterocycles. The molecule has 0 radical (unpaired) electrons. The molecule has 0 saturated heterocycles. The third-order valence-electron chi connectivity index (χ3n) is 2.88. The Kier molecular flexibility index (Phi) is 4.75. The summed E-state index contributed by atoms with van der Waals surface area (Å²) in [5.74, 6) is -1.34. The largest absolute Gasteiger partial charge is 0.494 e. The van der Waals surface area contributed by atoms with Gasteiger partial charge in [-0.25, -0.2) is 8.42 Å². The van der Waals surface area contributed by atoms with Crippen molar-refractivity contribution in [3.05, 3.63) is 52.5 Å². The van der Waals surface area contributed by atoms with E-state index in [9.17, 15) is 18.6 Å². The Morgan fingerprint density at radius 2 is 1.73 bits per heavy atom. The summed E-state index contributed by atoms with van der Waals surface area (Å²) >= 11 is 11.8. The van der Waals surface area contributed by atoms with E-state index in [1.54, 1.807) is 0 Å². The molecule has 5 nitrogen and oxygen atoms in total. The number of rotatable bonds is 5. The van der Waals surface area contributed by atoms with Gasteiger partial charge in [-0.3, -0.25) is 4.57 Å². The summed E-state index contributed by atoms with van der Waals surface area (Å²) in [7, 11) is -3.46. The van der Waals surface area contributed by atoms with E-state index >= 15 is 0 Å². The fourth-order valence-corrected chi connectivity index (χ4v) is 3.72. The van der Waals surface area contributed by atoms with Gasteiger partial charge in [0.15, 0.2) is 15.7 Å². The standard InChI is InChI=1S/C14H13Cl2NO4S/c1-2-3-22(20,21)8-9-4-13(18)17(14(9)19)12-6-10(15)5-11(16)7-12/h2,4-7,18-19H,1,3,8H2. The summed E-state index contributed by atoms with van der Waals surface area (Å²) in [6.07, 6.45) is 1.26. The number of sulfone groups is 1. The van der Waals surface area contributed by atoms with Gasteiger partial charge in [0, 0.05) is 21.7 Å². The van der Waals surface area contributed by atoms with Crippen molar-refractivity contribution in [1.29, 1.82) is 0 Å². The van der Waals surface area contributed by atoms with Crippen LogP contribution in [0.2, 0.25) is 10.0 Å². The maximum Gasteiger partial charge on any atom is 0.202 e. The van der Waals surface area contributed by atoms with Crippen LogP contribution in [0.5, 0.6) is 11.8 Å². The fraction of sp³-hybridized carbons (Fsp3) is 0.143. The molecule has 8 heteroatoms. The lowest BCUT2D eigenvalue weighted by atomic mass is 10.3. The van der Waals surface area contributed by atoms with Crippen molar-refractivity contribution in [1.82, 2.24) is 4.57 Å². The third kappa shape index (κ3) is 3.58. The molecule has 0 atom stereocenters. The van der Waals surface area contributed by atoms with E-state index in [4.69, 9.17) is 23.2 Å². The van der Waals surface area contributed by atoms with Crippen molar-refractivity contribution in [3.63, 3.8) is 0 Å². The highest BCUT2D eigenvalue weighted by Crippen LogP contribution is 2.34. The number of aromatic nitrogens is 1. The van der Waals surface area contributed by atoms with Crippen LogP contribution in [-0.4, -0.2) is 29.0 Å². The molecule has 0 aliphatic heterocycles. The minimum Gasteiger partial charge on any atom is -0.494 e. The average Bonchev–Trinajstić information content (AvgIpc) is 2.62. The van der Waals surface area contributed by atoms with Gasteiger partial charge in [0.1, 0.15) is 0 Å². The first-order valence-electron chi connectivity index (χ1n) is 6.14. The van der Waals surface area contributed by atoms with Gasteiger partial charge in [-0.05, 0) is 18.2 Å². The molecule has 2 rings (SSSR count). The number of nitrogens with zero attached hydrogens (tertiary/aromatic N) is 1. The van der Waals surface area contributed by atoms with E-state index in [0.29, 0.717) is 15.7 Å². The van der Waals surface area contributed by atoms with Crippen molar-refractivity contribution in [2.75, 3.05) is 5.75 Å². The van der Waals surface area contributed by atoms with E-state index < -0.39 is 15.6 Å². The van der Waals surface area contributed by atoms with Gasteiger partial charge in [-0.15, -0.1) is 6.58 Å². The second-order valence-electron chi connectivity index (χ2n) is 4.66. The minimum absolute atomic E-state index is 0.0791. The topological polar surface area (TPSA) is 79.5 Å². The summed E-state index contributed by atoms with van der Waals surface area (Å²) in [6, 6.07) is 5.65. The van der Waals surface area contributed by atoms with Crippen LogP contribution in [0.25, 0.3) is 5.69 Å². The molecule has 2 N–H and O–H groups in total. The summed E-state index contributed by atoms with van der Waals surface area (Å²) in [4.78, 5) is 0. The Labute approximate surface area is 137 Å². The van der Waals surface area contributed by atoms with Crippen LogP contribution in [0.1, 0.15) is 5.56 Å². The van der Waals surface area contributed by atoms with E-state index in [0.717, 1.165) is 4.57 Å². The predicted octanol–water partition coefficient (Wildman–Crippen LogP) is 3.30. The Balaban J connectivity index is 2.49. The molecule has 0 bridgehead atoms. The number of halogens is 2. The van der Waals surface area contributed by atoms with Gasteiger partial charge in [0.25, 0.3) is 0 Å². The van der Waals surface area contributed by atoms with Gasteiger partial charge in [-0.2, -0.15) is 0 Å². The second kappa shape index (κ2) is 6.24. The molecule has 0 saturated carbocycles. The maximum absolute atomic E-state index is 11.8. The smallest absolute Gasteiger partial charge is 0.202 e. The fourth-order valence-electron chi connectivity index (χ4n) is 2.04. The molecular formula is C14H13Cl2NO4S. The molecule has 0 unspecified atom stereocenters. The Morgan fingerprint density at radius 1 is 1.14 bits per heavy atom. The van der Waals surface area contributed by atoms with Crippen LogP contribution >= 0.6 is 23.2 Å². The van der Waals surface area contributed by atoms with Crippen LogP contribution in [0.4, 0.5) is 0 Å². The van der Waals surface area contributed by atoms with Crippen LogP contribution in [0.3, 0.4) is 0 Å². The predicted molar refractivity (Wildman–Crippen MR) is 86.8 cm³/mol. The van der Waals surface area contributed by atoms with Crippen molar-refractivity contribution < 1.29 is 18.6 Å². The summed E-state index contributed by atoms with van der Waals surface area (Å²) in [6.45, 7) is 3.37. The lowest BCUT2D eigenvalue weighted by Gasteiger charge is -2.08. The number of hydrogen-bond donors (Lipinski definition) is 2. The zero-order valence-corrected chi connectivity index (χ0v) is 13.7. The summed E-state index contributed by atoms with van der Waals surface area (Å²) in [5, 5.41) is 20.8. The van der Waals surface area contributed by atoms with Gasteiger partial charge < -0.3 is 10.2 Å². The molecule has 0 amide bonds. The quantitative estimate of drug-likeness (QED) is 0.800. The van der Waals surface area contributed by atoms with Gasteiger partial charge in [0.05, 0.1) is 17.2 Å². The molecule has 0 spiro atoms. The lowest BCUT2D eigenvalue weighted by Crippen LogP contribution is -2.07. The average molecular weight is 362 g/mol.